The van der Waals surface area contributed by atoms with E-state index in [2.05, 4.69) is 10.6 Å². The van der Waals surface area contributed by atoms with Gasteiger partial charge in [0.2, 0.25) is 5.91 Å². The van der Waals surface area contributed by atoms with Gasteiger partial charge in [0.1, 0.15) is 23.3 Å². The minimum absolute atomic E-state index is 0.139. The summed E-state index contributed by atoms with van der Waals surface area (Å²) in [6, 6.07) is 12.0. The summed E-state index contributed by atoms with van der Waals surface area (Å²) in [5, 5.41) is 13.2. The second-order valence-corrected chi connectivity index (χ2v) is 7.94. The summed E-state index contributed by atoms with van der Waals surface area (Å²) in [6.45, 7) is 1.05. The number of hydrogen-bond donors (Lipinski definition) is 2. The zero-order valence-corrected chi connectivity index (χ0v) is 15.8. The second kappa shape index (κ2) is 9.10. The molecule has 1 unspecified atom stereocenters. The number of hydrogen-bond acceptors (Lipinski definition) is 5. The summed E-state index contributed by atoms with van der Waals surface area (Å²) < 4.78 is 39.6. The molecule has 2 N–H and O–H groups in total. The van der Waals surface area contributed by atoms with E-state index >= 15 is 0 Å². The van der Waals surface area contributed by atoms with Gasteiger partial charge in [-0.3, -0.25) is 9.59 Å². The van der Waals surface area contributed by atoms with Gasteiger partial charge < -0.3 is 10.6 Å². The highest BCUT2D eigenvalue weighted by Gasteiger charge is 2.30. The third-order valence-corrected chi connectivity index (χ3v) is 5.63. The molecule has 2 rings (SSSR count). The van der Waals surface area contributed by atoms with Crippen molar-refractivity contribution in [1.29, 1.82) is 5.26 Å². The SMILES string of the molecule is Cc1cccc(S(=O)(=O)CC(NC(=O)c2ccccc2)C(=O)NCC#N)c1F. The molecule has 9 heteroatoms. The molecule has 0 bridgehead atoms. The van der Waals surface area contributed by atoms with Crippen molar-refractivity contribution < 1.29 is 22.4 Å². The molecule has 0 heterocycles. The number of nitrogens with one attached hydrogen (secondary N) is 2. The van der Waals surface area contributed by atoms with Crippen LogP contribution in [0.1, 0.15) is 15.9 Å². The first kappa shape index (κ1) is 21.1. The van der Waals surface area contributed by atoms with E-state index in [0.717, 1.165) is 6.07 Å². The number of amides is 2. The van der Waals surface area contributed by atoms with Gasteiger partial charge in [0.05, 0.1) is 11.8 Å². The topological polar surface area (TPSA) is 116 Å². The Balaban J connectivity index is 2.31. The molecule has 0 saturated carbocycles. The highest BCUT2D eigenvalue weighted by Crippen LogP contribution is 2.19. The van der Waals surface area contributed by atoms with Crippen LogP contribution in [0.2, 0.25) is 0 Å². The molecule has 0 spiro atoms. The average molecular weight is 403 g/mol. The van der Waals surface area contributed by atoms with E-state index < -0.39 is 44.2 Å². The lowest BCUT2D eigenvalue weighted by molar-refractivity contribution is -0.122. The van der Waals surface area contributed by atoms with Gasteiger partial charge in [-0.1, -0.05) is 30.3 Å². The fourth-order valence-electron chi connectivity index (χ4n) is 2.43. The Kier molecular flexibility index (Phi) is 6.84. The summed E-state index contributed by atoms with van der Waals surface area (Å²) in [7, 11) is -4.24. The maximum atomic E-state index is 14.3. The maximum Gasteiger partial charge on any atom is 0.251 e. The van der Waals surface area contributed by atoms with E-state index in [1.165, 1.54) is 31.2 Å². The summed E-state index contributed by atoms with van der Waals surface area (Å²) >= 11 is 0. The molecule has 1 atom stereocenters. The Hall–Kier alpha value is -3.25. The molecule has 0 aliphatic rings. The van der Waals surface area contributed by atoms with E-state index in [1.54, 1.807) is 24.3 Å². The first-order chi connectivity index (χ1) is 13.3. The minimum Gasteiger partial charge on any atom is -0.341 e. The lowest BCUT2D eigenvalue weighted by Crippen LogP contribution is -2.50. The Morgan fingerprint density at radius 2 is 1.82 bits per heavy atom. The first-order valence-electron chi connectivity index (χ1n) is 8.24. The monoisotopic (exact) mass is 403 g/mol. The van der Waals surface area contributed by atoms with Crippen LogP contribution in [0.4, 0.5) is 4.39 Å². The van der Waals surface area contributed by atoms with Crippen molar-refractivity contribution in [2.24, 2.45) is 0 Å². The molecule has 0 saturated heterocycles. The van der Waals surface area contributed by atoms with E-state index in [4.69, 9.17) is 5.26 Å². The highest BCUT2D eigenvalue weighted by molar-refractivity contribution is 7.91. The second-order valence-electron chi connectivity index (χ2n) is 5.94. The Labute approximate surface area is 162 Å². The Morgan fingerprint density at radius 3 is 2.46 bits per heavy atom. The Morgan fingerprint density at radius 1 is 1.14 bits per heavy atom. The quantitative estimate of drug-likeness (QED) is 0.677. The first-order valence-corrected chi connectivity index (χ1v) is 9.90. The molecule has 2 aromatic rings. The van der Waals surface area contributed by atoms with Crippen LogP contribution in [0.25, 0.3) is 0 Å². The normalized spacial score (nSPS) is 11.9. The zero-order valence-electron chi connectivity index (χ0n) is 15.0. The van der Waals surface area contributed by atoms with Crippen LogP contribution in [0.3, 0.4) is 0 Å². The van der Waals surface area contributed by atoms with Crippen molar-refractivity contribution in [3.63, 3.8) is 0 Å². The summed E-state index contributed by atoms with van der Waals surface area (Å²) in [5.74, 6) is -3.29. The number of nitriles is 1. The fourth-order valence-corrected chi connectivity index (χ4v) is 4.01. The largest absolute Gasteiger partial charge is 0.341 e. The van der Waals surface area contributed by atoms with Gasteiger partial charge in [-0.15, -0.1) is 0 Å². The lowest BCUT2D eigenvalue weighted by Gasteiger charge is -2.18. The van der Waals surface area contributed by atoms with Gasteiger partial charge in [-0.25, -0.2) is 12.8 Å². The minimum atomic E-state index is -4.24. The van der Waals surface area contributed by atoms with Crippen LogP contribution in [0.5, 0.6) is 0 Å². The summed E-state index contributed by atoms with van der Waals surface area (Å²) in [6.07, 6.45) is 0. The van der Waals surface area contributed by atoms with Crippen molar-refractivity contribution in [3.8, 4) is 6.07 Å². The molecule has 28 heavy (non-hydrogen) atoms. The van der Waals surface area contributed by atoms with E-state index in [1.807, 2.05) is 0 Å². The van der Waals surface area contributed by atoms with Crippen molar-refractivity contribution in [2.45, 2.75) is 17.9 Å². The third-order valence-electron chi connectivity index (χ3n) is 3.88. The number of halogens is 1. The number of aryl methyl sites for hydroxylation is 1. The van der Waals surface area contributed by atoms with E-state index in [-0.39, 0.29) is 17.7 Å². The van der Waals surface area contributed by atoms with Crippen molar-refractivity contribution >= 4 is 21.7 Å². The molecule has 7 nitrogen and oxygen atoms in total. The number of carbonyl (C=O) groups is 2. The Bertz CT molecular complexity index is 1020. The number of carbonyl (C=O) groups excluding carboxylic acids is 2. The molecule has 0 fully saturated rings. The number of rotatable bonds is 7. The van der Waals surface area contributed by atoms with Crippen LogP contribution in [0.15, 0.2) is 53.4 Å². The summed E-state index contributed by atoms with van der Waals surface area (Å²) in [5.41, 5.74) is 0.361. The third kappa shape index (κ3) is 5.14. The molecule has 0 aromatic heterocycles. The van der Waals surface area contributed by atoms with Crippen LogP contribution in [0, 0.1) is 24.1 Å². The molecule has 2 aromatic carbocycles. The van der Waals surface area contributed by atoms with Gasteiger partial charge in [0.15, 0.2) is 9.84 Å². The molecule has 0 radical (unpaired) electrons. The molecule has 146 valence electrons. The van der Waals surface area contributed by atoms with Crippen molar-refractivity contribution in [3.05, 3.63) is 65.5 Å². The predicted molar refractivity (Wildman–Crippen MR) is 99.5 cm³/mol. The molecule has 2 amide bonds. The van der Waals surface area contributed by atoms with Crippen molar-refractivity contribution in [2.75, 3.05) is 12.3 Å². The lowest BCUT2D eigenvalue weighted by atomic mass is 10.2. The van der Waals surface area contributed by atoms with E-state index in [0.29, 0.717) is 0 Å². The highest BCUT2D eigenvalue weighted by atomic mass is 32.2. The van der Waals surface area contributed by atoms with Gasteiger partial charge in [0.25, 0.3) is 5.91 Å². The number of benzene rings is 2. The van der Waals surface area contributed by atoms with Gasteiger partial charge in [0, 0.05) is 5.56 Å². The maximum absolute atomic E-state index is 14.3. The average Bonchev–Trinajstić information content (AvgIpc) is 2.68. The van der Waals surface area contributed by atoms with Gasteiger partial charge in [-0.2, -0.15) is 5.26 Å². The molecule has 0 aliphatic carbocycles. The predicted octanol–water partition coefficient (Wildman–Crippen LogP) is 1.35. The molecule has 0 aliphatic heterocycles. The van der Waals surface area contributed by atoms with Crippen LogP contribution in [-0.2, 0) is 14.6 Å². The fraction of sp³-hybridized carbons (Fsp3) is 0.211. The standard InChI is InChI=1S/C19H18FN3O4S/c1-13-6-5-9-16(17(13)20)28(26,27)12-15(19(25)22-11-10-21)23-18(24)14-7-3-2-4-8-14/h2-9,15H,11-12H2,1H3,(H,22,25)(H,23,24). The summed E-state index contributed by atoms with van der Waals surface area (Å²) in [4.78, 5) is 24.1. The molecular weight excluding hydrogens is 385 g/mol. The number of nitrogens with zero attached hydrogens (tertiary/aromatic N) is 1. The zero-order chi connectivity index (χ0) is 20.7. The van der Waals surface area contributed by atoms with Gasteiger partial charge >= 0.3 is 0 Å². The number of sulfone groups is 1. The van der Waals surface area contributed by atoms with E-state index in [9.17, 15) is 22.4 Å². The molecular formula is C19H18FN3O4S. The van der Waals surface area contributed by atoms with Gasteiger partial charge in [-0.05, 0) is 30.7 Å². The smallest absolute Gasteiger partial charge is 0.251 e. The van der Waals surface area contributed by atoms with Crippen molar-refractivity contribution in [1.82, 2.24) is 10.6 Å². The van der Waals surface area contributed by atoms with Crippen LogP contribution >= 0.6 is 0 Å². The van der Waals surface area contributed by atoms with Crippen LogP contribution in [-0.4, -0.2) is 38.6 Å². The van der Waals surface area contributed by atoms with Crippen LogP contribution < -0.4 is 10.6 Å².